The Morgan fingerprint density at radius 2 is 1.88 bits per heavy atom. The normalized spacial score (nSPS) is 12.8. The van der Waals surface area contributed by atoms with Gasteiger partial charge in [-0.2, -0.15) is 0 Å². The molecule has 3 rings (SSSR count). The van der Waals surface area contributed by atoms with E-state index in [4.69, 9.17) is 4.74 Å². The second-order valence-electron chi connectivity index (χ2n) is 7.05. The lowest BCUT2D eigenvalue weighted by Crippen LogP contribution is -2.30. The van der Waals surface area contributed by atoms with E-state index in [2.05, 4.69) is 4.98 Å². The van der Waals surface area contributed by atoms with Crippen LogP contribution in [0.2, 0.25) is 0 Å². The molecule has 1 atom stereocenters. The van der Waals surface area contributed by atoms with E-state index in [1.807, 2.05) is 68.6 Å². The van der Waals surface area contributed by atoms with Gasteiger partial charge in [0.2, 0.25) is 0 Å². The molecule has 3 aromatic rings. The Morgan fingerprint density at radius 3 is 2.58 bits per heavy atom. The molecule has 1 aromatic heterocycles. The van der Waals surface area contributed by atoms with Crippen LogP contribution in [0.4, 0.5) is 0 Å². The molecule has 26 heavy (non-hydrogen) atoms. The lowest BCUT2D eigenvalue weighted by molar-refractivity contribution is -0.146. The van der Waals surface area contributed by atoms with Gasteiger partial charge in [-0.05, 0) is 55.5 Å². The fourth-order valence-corrected chi connectivity index (χ4v) is 3.02. The van der Waals surface area contributed by atoms with Gasteiger partial charge in [0.25, 0.3) is 0 Å². The molecule has 0 amide bonds. The van der Waals surface area contributed by atoms with Crippen molar-refractivity contribution in [3.8, 4) is 11.3 Å². The summed E-state index contributed by atoms with van der Waals surface area (Å²) >= 11 is 0. The molecule has 4 heteroatoms. The van der Waals surface area contributed by atoms with Gasteiger partial charge in [-0.15, -0.1) is 0 Å². The van der Waals surface area contributed by atoms with E-state index in [0.29, 0.717) is 0 Å². The highest BCUT2D eigenvalue weighted by molar-refractivity contribution is 5.86. The topological polar surface area (TPSA) is 59.4 Å². The molecule has 2 aromatic carbocycles. The quantitative estimate of drug-likeness (QED) is 0.709. The summed E-state index contributed by atoms with van der Waals surface area (Å²) in [6.07, 6.45) is 1.31. The van der Waals surface area contributed by atoms with Crippen LogP contribution in [0.1, 0.15) is 38.0 Å². The third-order valence-electron chi connectivity index (χ3n) is 4.80. The summed E-state index contributed by atoms with van der Waals surface area (Å²) < 4.78 is 4.93. The highest BCUT2D eigenvalue weighted by Gasteiger charge is 2.31. The van der Waals surface area contributed by atoms with Crippen molar-refractivity contribution in [3.05, 3.63) is 65.9 Å². The Labute approximate surface area is 153 Å². The minimum atomic E-state index is -0.735. The number of hydrogen-bond acceptors (Lipinski definition) is 4. The van der Waals surface area contributed by atoms with E-state index in [1.54, 1.807) is 6.92 Å². The first-order valence-electron chi connectivity index (χ1n) is 8.60. The average Bonchev–Trinajstić information content (AvgIpc) is 2.66. The summed E-state index contributed by atoms with van der Waals surface area (Å²) in [7, 11) is 1.40. The molecule has 0 unspecified atom stereocenters. The molecule has 0 bridgehead atoms. The number of fused-ring (bicyclic) bond motifs is 1. The van der Waals surface area contributed by atoms with Gasteiger partial charge in [0.1, 0.15) is 0 Å². The zero-order valence-electron chi connectivity index (χ0n) is 15.5. The van der Waals surface area contributed by atoms with Crippen LogP contribution in [0.15, 0.2) is 54.7 Å². The van der Waals surface area contributed by atoms with E-state index in [9.17, 15) is 9.90 Å². The van der Waals surface area contributed by atoms with Crippen molar-refractivity contribution in [1.82, 2.24) is 4.98 Å². The van der Waals surface area contributed by atoms with Crippen molar-refractivity contribution < 1.29 is 14.6 Å². The number of carbonyl (C=O) groups is 1. The number of aromatic nitrogens is 1. The molecule has 0 aliphatic rings. The number of pyridine rings is 1. The van der Waals surface area contributed by atoms with Crippen molar-refractivity contribution in [3.63, 3.8) is 0 Å². The molecule has 4 nitrogen and oxygen atoms in total. The number of aliphatic hydroxyl groups is 1. The molecule has 1 heterocycles. The number of benzene rings is 2. The highest BCUT2D eigenvalue weighted by atomic mass is 16.5. The second-order valence-corrected chi connectivity index (χ2v) is 7.05. The van der Waals surface area contributed by atoms with Crippen molar-refractivity contribution >= 4 is 16.7 Å². The van der Waals surface area contributed by atoms with Crippen LogP contribution in [-0.2, 0) is 14.9 Å². The largest absolute Gasteiger partial charge is 0.468 e. The standard InChI is InChI=1S/C22H23NO3/c1-14(24)15-8-9-17-13-23-20(12-18(17)10-15)16-6-5-7-19(11-16)22(2,3)21(25)26-4/h5-14,24H,1-4H3/t14-/m1/s1. The van der Waals surface area contributed by atoms with Crippen LogP contribution < -0.4 is 0 Å². The van der Waals surface area contributed by atoms with Gasteiger partial charge in [0.15, 0.2) is 0 Å². The summed E-state index contributed by atoms with van der Waals surface area (Å²) in [5.41, 5.74) is 2.77. The molecule has 134 valence electrons. The smallest absolute Gasteiger partial charge is 0.315 e. The summed E-state index contributed by atoms with van der Waals surface area (Å²) in [5, 5.41) is 11.8. The van der Waals surface area contributed by atoms with Crippen LogP contribution in [0, 0.1) is 0 Å². The van der Waals surface area contributed by atoms with Crippen molar-refractivity contribution in [2.45, 2.75) is 32.3 Å². The van der Waals surface area contributed by atoms with E-state index in [1.165, 1.54) is 7.11 Å². The summed E-state index contributed by atoms with van der Waals surface area (Å²) in [5.74, 6) is -0.275. The van der Waals surface area contributed by atoms with E-state index < -0.39 is 11.5 Å². The number of carbonyl (C=O) groups excluding carboxylic acids is 1. The van der Waals surface area contributed by atoms with Crippen LogP contribution >= 0.6 is 0 Å². The molecule has 0 saturated heterocycles. The van der Waals surface area contributed by atoms with Crippen LogP contribution in [0.5, 0.6) is 0 Å². The van der Waals surface area contributed by atoms with Crippen LogP contribution in [0.25, 0.3) is 22.0 Å². The Kier molecular flexibility index (Phi) is 4.79. The number of methoxy groups -OCH3 is 1. The Bertz CT molecular complexity index is 961. The fraction of sp³-hybridized carbons (Fsp3) is 0.273. The maximum atomic E-state index is 12.1. The molecule has 0 fully saturated rings. The molecule has 0 aliphatic carbocycles. The van der Waals surface area contributed by atoms with Gasteiger partial charge < -0.3 is 9.84 Å². The third-order valence-corrected chi connectivity index (χ3v) is 4.80. The zero-order valence-corrected chi connectivity index (χ0v) is 15.5. The zero-order chi connectivity index (χ0) is 18.9. The lowest BCUT2D eigenvalue weighted by Gasteiger charge is -2.22. The molecule has 0 radical (unpaired) electrons. The minimum Gasteiger partial charge on any atom is -0.468 e. The predicted molar refractivity (Wildman–Crippen MR) is 103 cm³/mol. The van der Waals surface area contributed by atoms with Crippen LogP contribution in [0.3, 0.4) is 0 Å². The maximum Gasteiger partial charge on any atom is 0.315 e. The van der Waals surface area contributed by atoms with E-state index >= 15 is 0 Å². The predicted octanol–water partition coefficient (Wildman–Crippen LogP) is 4.41. The molecule has 0 saturated carbocycles. The molecule has 0 spiro atoms. The number of esters is 1. The Balaban J connectivity index is 2.06. The minimum absolute atomic E-state index is 0.275. The first kappa shape index (κ1) is 18.1. The highest BCUT2D eigenvalue weighted by Crippen LogP contribution is 2.30. The number of hydrogen-bond donors (Lipinski definition) is 1. The monoisotopic (exact) mass is 349 g/mol. The Morgan fingerprint density at radius 1 is 1.12 bits per heavy atom. The number of rotatable bonds is 4. The molecule has 1 N–H and O–H groups in total. The third kappa shape index (κ3) is 3.33. The van der Waals surface area contributed by atoms with Gasteiger partial charge in [0.05, 0.1) is 24.3 Å². The van der Waals surface area contributed by atoms with Gasteiger partial charge in [0, 0.05) is 17.1 Å². The van der Waals surface area contributed by atoms with Gasteiger partial charge in [-0.25, -0.2) is 0 Å². The van der Waals surface area contributed by atoms with Gasteiger partial charge >= 0.3 is 5.97 Å². The molecular formula is C22H23NO3. The van der Waals surface area contributed by atoms with Crippen LogP contribution in [-0.4, -0.2) is 23.2 Å². The first-order valence-corrected chi connectivity index (χ1v) is 8.60. The summed E-state index contributed by atoms with van der Waals surface area (Å²) in [6.45, 7) is 5.45. The number of aliphatic hydroxyl groups excluding tert-OH is 1. The summed E-state index contributed by atoms with van der Waals surface area (Å²) in [6, 6.07) is 15.7. The fourth-order valence-electron chi connectivity index (χ4n) is 3.02. The number of ether oxygens (including phenoxy) is 1. The SMILES string of the molecule is COC(=O)C(C)(C)c1cccc(-c2cc3cc([C@@H](C)O)ccc3cn2)c1. The van der Waals surface area contributed by atoms with Crippen molar-refractivity contribution in [2.75, 3.05) is 7.11 Å². The number of nitrogens with zero attached hydrogens (tertiary/aromatic N) is 1. The first-order chi connectivity index (χ1) is 12.3. The van der Waals surface area contributed by atoms with E-state index in [-0.39, 0.29) is 5.97 Å². The second kappa shape index (κ2) is 6.89. The summed E-state index contributed by atoms with van der Waals surface area (Å²) in [4.78, 5) is 16.7. The van der Waals surface area contributed by atoms with Gasteiger partial charge in [-0.1, -0.05) is 30.3 Å². The van der Waals surface area contributed by atoms with E-state index in [0.717, 1.165) is 33.2 Å². The van der Waals surface area contributed by atoms with Gasteiger partial charge in [-0.3, -0.25) is 9.78 Å². The van der Waals surface area contributed by atoms with Crippen molar-refractivity contribution in [2.24, 2.45) is 0 Å². The van der Waals surface area contributed by atoms with Crippen molar-refractivity contribution in [1.29, 1.82) is 0 Å². The molecule has 0 aliphatic heterocycles. The average molecular weight is 349 g/mol. The maximum absolute atomic E-state index is 12.1. The lowest BCUT2D eigenvalue weighted by atomic mass is 9.83. The molecular weight excluding hydrogens is 326 g/mol. The Hall–Kier alpha value is -2.72.